The third-order valence-corrected chi connectivity index (χ3v) is 7.75. The van der Waals surface area contributed by atoms with E-state index in [9.17, 15) is 9.90 Å². The molecule has 172 valence electrons. The van der Waals surface area contributed by atoms with Crippen molar-refractivity contribution in [1.82, 2.24) is 24.4 Å². The summed E-state index contributed by atoms with van der Waals surface area (Å²) >= 11 is 2.48. The third kappa shape index (κ3) is 4.35. The SMILES string of the molecule is CC(C)(O)c1cc2nn(C3CCC(CI)CC3)cc2cc1NC(=O)c1cnn2cccnc12. The summed E-state index contributed by atoms with van der Waals surface area (Å²) in [4.78, 5) is 17.4. The standard InChI is InChI=1S/C24H27IN6O2/c1-24(2,33)19-11-20-16(14-31(29-20)17-6-4-15(12-25)5-7-17)10-21(19)28-23(32)18-13-27-30-9-3-8-26-22(18)30/h3,8-11,13-15,17,33H,4-7,12H2,1-2H3,(H,28,32). The highest BCUT2D eigenvalue weighted by Crippen LogP contribution is 2.36. The van der Waals surface area contributed by atoms with Crippen molar-refractivity contribution in [3.05, 3.63) is 54.1 Å². The van der Waals surface area contributed by atoms with E-state index in [-0.39, 0.29) is 5.91 Å². The van der Waals surface area contributed by atoms with Crippen molar-refractivity contribution in [3.63, 3.8) is 0 Å². The van der Waals surface area contributed by atoms with Gasteiger partial charge in [0.2, 0.25) is 0 Å². The lowest BCUT2D eigenvalue weighted by molar-refractivity contribution is 0.0794. The van der Waals surface area contributed by atoms with E-state index in [0.717, 1.165) is 29.7 Å². The Labute approximate surface area is 205 Å². The molecular formula is C24H27IN6O2. The van der Waals surface area contributed by atoms with Crippen molar-refractivity contribution in [1.29, 1.82) is 0 Å². The number of carbonyl (C=O) groups is 1. The molecule has 0 unspecified atom stereocenters. The summed E-state index contributed by atoms with van der Waals surface area (Å²) < 4.78 is 4.85. The van der Waals surface area contributed by atoms with Gasteiger partial charge in [0.25, 0.3) is 5.91 Å². The number of aliphatic hydroxyl groups is 1. The van der Waals surface area contributed by atoms with Crippen molar-refractivity contribution >= 4 is 50.7 Å². The largest absolute Gasteiger partial charge is 0.386 e. The van der Waals surface area contributed by atoms with Crippen LogP contribution < -0.4 is 5.32 Å². The van der Waals surface area contributed by atoms with E-state index in [1.165, 1.54) is 23.5 Å². The molecule has 0 radical (unpaired) electrons. The second kappa shape index (κ2) is 8.68. The number of nitrogens with one attached hydrogen (secondary N) is 1. The van der Waals surface area contributed by atoms with Crippen molar-refractivity contribution in [3.8, 4) is 0 Å². The summed E-state index contributed by atoms with van der Waals surface area (Å²) in [5, 5.41) is 23.8. The monoisotopic (exact) mass is 558 g/mol. The zero-order chi connectivity index (χ0) is 23.2. The molecule has 0 bridgehead atoms. The van der Waals surface area contributed by atoms with Crippen LogP contribution in [0.3, 0.4) is 0 Å². The second-order valence-electron chi connectivity index (χ2n) is 9.35. The van der Waals surface area contributed by atoms with Gasteiger partial charge in [0, 0.05) is 39.7 Å². The molecule has 2 N–H and O–H groups in total. The van der Waals surface area contributed by atoms with Crippen molar-refractivity contribution in [2.45, 2.75) is 51.2 Å². The Morgan fingerprint density at radius 1 is 1.27 bits per heavy atom. The first-order valence-electron chi connectivity index (χ1n) is 11.2. The molecule has 1 fully saturated rings. The van der Waals surface area contributed by atoms with E-state index in [1.54, 1.807) is 36.8 Å². The molecule has 0 spiro atoms. The Morgan fingerprint density at radius 3 is 2.79 bits per heavy atom. The zero-order valence-electron chi connectivity index (χ0n) is 18.7. The molecule has 0 saturated heterocycles. The summed E-state index contributed by atoms with van der Waals surface area (Å²) in [5.74, 6) is 0.489. The number of nitrogens with zero attached hydrogens (tertiary/aromatic N) is 5. The molecule has 0 atom stereocenters. The summed E-state index contributed by atoms with van der Waals surface area (Å²) in [6.07, 6.45) is 11.7. The molecule has 1 aliphatic carbocycles. The Hall–Kier alpha value is -2.53. The average molecular weight is 558 g/mol. The summed E-state index contributed by atoms with van der Waals surface area (Å²) in [7, 11) is 0. The number of alkyl halides is 1. The van der Waals surface area contributed by atoms with E-state index in [0.29, 0.717) is 28.5 Å². The molecule has 1 aliphatic rings. The predicted molar refractivity (Wildman–Crippen MR) is 136 cm³/mol. The van der Waals surface area contributed by atoms with Gasteiger partial charge >= 0.3 is 0 Å². The topological polar surface area (TPSA) is 97.3 Å². The van der Waals surface area contributed by atoms with Crippen LogP contribution in [0, 0.1) is 5.92 Å². The Balaban J connectivity index is 1.48. The number of hydrogen-bond donors (Lipinski definition) is 2. The van der Waals surface area contributed by atoms with Gasteiger partial charge in [-0.15, -0.1) is 0 Å². The van der Waals surface area contributed by atoms with Gasteiger partial charge in [-0.1, -0.05) is 22.6 Å². The van der Waals surface area contributed by atoms with Crippen molar-refractivity contribution < 1.29 is 9.90 Å². The third-order valence-electron chi connectivity index (χ3n) is 6.50. The highest BCUT2D eigenvalue weighted by Gasteiger charge is 2.26. The lowest BCUT2D eigenvalue weighted by Gasteiger charge is -2.27. The predicted octanol–water partition coefficient (Wildman–Crippen LogP) is 4.73. The first-order valence-corrected chi connectivity index (χ1v) is 12.8. The number of amides is 1. The molecule has 0 aliphatic heterocycles. The highest BCUT2D eigenvalue weighted by atomic mass is 127. The number of anilines is 1. The number of carbonyl (C=O) groups excluding carboxylic acids is 1. The van der Waals surface area contributed by atoms with E-state index in [1.807, 2.05) is 12.1 Å². The maximum atomic E-state index is 13.1. The van der Waals surface area contributed by atoms with Crippen LogP contribution in [0.5, 0.6) is 0 Å². The number of benzene rings is 1. The van der Waals surface area contributed by atoms with E-state index >= 15 is 0 Å². The van der Waals surface area contributed by atoms with Crippen LogP contribution in [-0.2, 0) is 5.60 Å². The maximum absolute atomic E-state index is 13.1. The summed E-state index contributed by atoms with van der Waals surface area (Å²) in [6.45, 7) is 3.42. The smallest absolute Gasteiger partial charge is 0.261 e. The number of rotatable bonds is 5. The van der Waals surface area contributed by atoms with Gasteiger partial charge in [0.05, 0.1) is 23.4 Å². The molecule has 1 aromatic carbocycles. The van der Waals surface area contributed by atoms with E-state index in [4.69, 9.17) is 5.10 Å². The summed E-state index contributed by atoms with van der Waals surface area (Å²) in [6, 6.07) is 5.94. The average Bonchev–Trinajstić information content (AvgIpc) is 3.42. The molecule has 3 aromatic heterocycles. The molecular weight excluding hydrogens is 531 g/mol. The van der Waals surface area contributed by atoms with Crippen molar-refractivity contribution in [2.24, 2.45) is 5.92 Å². The first-order chi connectivity index (χ1) is 15.8. The number of hydrogen-bond acceptors (Lipinski definition) is 5. The van der Waals surface area contributed by atoms with Crippen LogP contribution in [0.15, 0.2) is 43.0 Å². The maximum Gasteiger partial charge on any atom is 0.261 e. The fraction of sp³-hybridized carbons (Fsp3) is 0.417. The molecule has 33 heavy (non-hydrogen) atoms. The van der Waals surface area contributed by atoms with Crippen LogP contribution in [0.4, 0.5) is 5.69 Å². The van der Waals surface area contributed by atoms with Gasteiger partial charge in [0.1, 0.15) is 5.56 Å². The first kappa shape index (κ1) is 22.3. The van der Waals surface area contributed by atoms with Gasteiger partial charge in [-0.3, -0.25) is 9.48 Å². The van der Waals surface area contributed by atoms with E-state index in [2.05, 4.69) is 48.9 Å². The van der Waals surface area contributed by atoms with Gasteiger partial charge in [0.15, 0.2) is 5.65 Å². The minimum Gasteiger partial charge on any atom is -0.386 e. The minimum absolute atomic E-state index is 0.321. The molecule has 3 heterocycles. The number of fused-ring (bicyclic) bond motifs is 2. The Kier molecular flexibility index (Phi) is 5.86. The zero-order valence-corrected chi connectivity index (χ0v) is 20.9. The molecule has 9 heteroatoms. The number of halogens is 1. The molecule has 1 saturated carbocycles. The fourth-order valence-electron chi connectivity index (χ4n) is 4.63. The molecule has 5 rings (SSSR count). The lowest BCUT2D eigenvalue weighted by atomic mass is 9.87. The fourth-order valence-corrected chi connectivity index (χ4v) is 5.51. The van der Waals surface area contributed by atoms with Crippen LogP contribution >= 0.6 is 22.6 Å². The van der Waals surface area contributed by atoms with Crippen LogP contribution in [0.1, 0.15) is 61.5 Å². The van der Waals surface area contributed by atoms with Crippen molar-refractivity contribution in [2.75, 3.05) is 9.74 Å². The molecule has 4 aromatic rings. The summed E-state index contributed by atoms with van der Waals surface area (Å²) in [5.41, 5.74) is 1.70. The quantitative estimate of drug-likeness (QED) is 0.273. The normalized spacial score (nSPS) is 19.3. The van der Waals surface area contributed by atoms with Gasteiger partial charge in [-0.2, -0.15) is 10.2 Å². The second-order valence-corrected chi connectivity index (χ2v) is 10.2. The lowest BCUT2D eigenvalue weighted by Crippen LogP contribution is -2.21. The highest BCUT2D eigenvalue weighted by molar-refractivity contribution is 14.1. The molecule has 8 nitrogen and oxygen atoms in total. The van der Waals surface area contributed by atoms with Crippen LogP contribution in [0.2, 0.25) is 0 Å². The van der Waals surface area contributed by atoms with Gasteiger partial charge in [-0.25, -0.2) is 9.50 Å². The minimum atomic E-state index is -1.15. The molecule has 1 amide bonds. The van der Waals surface area contributed by atoms with Crippen LogP contribution in [0.25, 0.3) is 16.6 Å². The van der Waals surface area contributed by atoms with Gasteiger partial charge < -0.3 is 10.4 Å². The Morgan fingerprint density at radius 2 is 2.06 bits per heavy atom. The van der Waals surface area contributed by atoms with E-state index < -0.39 is 5.60 Å². The van der Waals surface area contributed by atoms with Gasteiger partial charge in [-0.05, 0) is 63.6 Å². The Bertz CT molecular complexity index is 1310. The van der Waals surface area contributed by atoms with Crippen LogP contribution in [-0.4, -0.2) is 39.8 Å². The number of aromatic nitrogens is 5.